The summed E-state index contributed by atoms with van der Waals surface area (Å²) in [6.45, 7) is 6.83. The third kappa shape index (κ3) is 5.36. The fourth-order valence-corrected chi connectivity index (χ4v) is 4.44. The van der Waals surface area contributed by atoms with Crippen molar-refractivity contribution in [1.29, 1.82) is 0 Å². The zero-order chi connectivity index (χ0) is 23.4. The smallest absolute Gasteiger partial charge is 0.170 e. The van der Waals surface area contributed by atoms with Gasteiger partial charge in [-0.25, -0.2) is 4.39 Å². The number of aldehydes is 1. The number of carbonyl (C=O) groups is 1. The summed E-state index contributed by atoms with van der Waals surface area (Å²) in [4.78, 5) is 13.5. The molecule has 2 atom stereocenters. The molecule has 0 aliphatic carbocycles. The first kappa shape index (κ1) is 23.2. The SMILES string of the molecule is COc1cc(C(C)C=O)ccc1OC(C)CCN1CCC(c2noc3cc(F)ccc23)CC1. The molecule has 1 aliphatic heterocycles. The molecule has 1 aliphatic rings. The summed E-state index contributed by atoms with van der Waals surface area (Å²) in [5.74, 6) is 1.19. The molecule has 1 aromatic heterocycles. The average molecular weight is 455 g/mol. The lowest BCUT2D eigenvalue weighted by atomic mass is 9.91. The molecule has 0 bridgehead atoms. The van der Waals surface area contributed by atoms with Gasteiger partial charge in [-0.3, -0.25) is 0 Å². The number of methoxy groups -OCH3 is 1. The fraction of sp³-hybridized carbons (Fsp3) is 0.462. The minimum atomic E-state index is -0.305. The number of likely N-dealkylation sites (tertiary alicyclic amines) is 1. The van der Waals surface area contributed by atoms with Gasteiger partial charge in [-0.05, 0) is 69.1 Å². The molecule has 1 fully saturated rings. The van der Waals surface area contributed by atoms with Crippen LogP contribution < -0.4 is 9.47 Å². The van der Waals surface area contributed by atoms with Crippen LogP contribution in [0, 0.1) is 5.82 Å². The molecule has 4 rings (SSSR count). The zero-order valence-electron chi connectivity index (χ0n) is 19.4. The first-order chi connectivity index (χ1) is 16.0. The maximum atomic E-state index is 13.4. The van der Waals surface area contributed by atoms with Gasteiger partial charge in [0.15, 0.2) is 17.1 Å². The average Bonchev–Trinajstić information content (AvgIpc) is 3.25. The van der Waals surface area contributed by atoms with Crippen molar-refractivity contribution in [3.05, 3.63) is 53.5 Å². The Morgan fingerprint density at radius 1 is 1.18 bits per heavy atom. The highest BCUT2D eigenvalue weighted by atomic mass is 19.1. The van der Waals surface area contributed by atoms with Crippen molar-refractivity contribution in [2.45, 2.75) is 51.0 Å². The first-order valence-electron chi connectivity index (χ1n) is 11.6. The molecule has 6 nitrogen and oxygen atoms in total. The van der Waals surface area contributed by atoms with Crippen molar-refractivity contribution in [1.82, 2.24) is 10.1 Å². The quantitative estimate of drug-likeness (QED) is 0.408. The lowest BCUT2D eigenvalue weighted by molar-refractivity contribution is -0.108. The Balaban J connectivity index is 1.28. The lowest BCUT2D eigenvalue weighted by Crippen LogP contribution is -2.35. The molecule has 7 heteroatoms. The van der Waals surface area contributed by atoms with E-state index in [-0.39, 0.29) is 17.8 Å². The Kier molecular flexibility index (Phi) is 7.28. The van der Waals surface area contributed by atoms with Gasteiger partial charge in [0.05, 0.1) is 18.9 Å². The van der Waals surface area contributed by atoms with E-state index in [1.807, 2.05) is 25.1 Å². The zero-order valence-corrected chi connectivity index (χ0v) is 19.4. The Labute approximate surface area is 193 Å². The Bertz CT molecular complexity index is 1090. The highest BCUT2D eigenvalue weighted by Crippen LogP contribution is 2.34. The van der Waals surface area contributed by atoms with Gasteiger partial charge in [0.2, 0.25) is 0 Å². The topological polar surface area (TPSA) is 64.8 Å². The summed E-state index contributed by atoms with van der Waals surface area (Å²) >= 11 is 0. The van der Waals surface area contributed by atoms with E-state index in [1.54, 1.807) is 13.2 Å². The third-order valence-corrected chi connectivity index (χ3v) is 6.53. The van der Waals surface area contributed by atoms with E-state index in [0.717, 1.165) is 61.8 Å². The van der Waals surface area contributed by atoms with Crippen LogP contribution in [0.4, 0.5) is 4.39 Å². The molecule has 0 N–H and O–H groups in total. The van der Waals surface area contributed by atoms with Gasteiger partial charge in [0, 0.05) is 29.8 Å². The molecule has 0 spiro atoms. The van der Waals surface area contributed by atoms with Gasteiger partial charge < -0.3 is 23.7 Å². The van der Waals surface area contributed by atoms with Crippen molar-refractivity contribution in [3.8, 4) is 11.5 Å². The van der Waals surface area contributed by atoms with Crippen molar-refractivity contribution >= 4 is 17.3 Å². The summed E-state index contributed by atoms with van der Waals surface area (Å²) in [6.07, 6.45) is 3.84. The van der Waals surface area contributed by atoms with Crippen LogP contribution in [0.3, 0.4) is 0 Å². The van der Waals surface area contributed by atoms with Gasteiger partial charge in [-0.2, -0.15) is 0 Å². The molecular weight excluding hydrogens is 423 g/mol. The van der Waals surface area contributed by atoms with Crippen LogP contribution in [0.15, 0.2) is 40.9 Å². The van der Waals surface area contributed by atoms with E-state index in [2.05, 4.69) is 17.0 Å². The first-order valence-corrected chi connectivity index (χ1v) is 11.6. The molecule has 2 aromatic carbocycles. The molecule has 1 saturated heterocycles. The van der Waals surface area contributed by atoms with Crippen molar-refractivity contribution in [3.63, 3.8) is 0 Å². The normalized spacial score (nSPS) is 17.1. The maximum Gasteiger partial charge on any atom is 0.170 e. The fourth-order valence-electron chi connectivity index (χ4n) is 4.44. The van der Waals surface area contributed by atoms with Gasteiger partial charge >= 0.3 is 0 Å². The number of hydrogen-bond acceptors (Lipinski definition) is 6. The van der Waals surface area contributed by atoms with Crippen LogP contribution in [-0.4, -0.2) is 49.2 Å². The number of fused-ring (bicyclic) bond motifs is 1. The van der Waals surface area contributed by atoms with E-state index >= 15 is 0 Å². The van der Waals surface area contributed by atoms with E-state index in [9.17, 15) is 9.18 Å². The highest BCUT2D eigenvalue weighted by molar-refractivity contribution is 5.79. The lowest BCUT2D eigenvalue weighted by Gasteiger charge is -2.31. The monoisotopic (exact) mass is 454 g/mol. The summed E-state index contributed by atoms with van der Waals surface area (Å²) in [5.41, 5.74) is 2.37. The third-order valence-electron chi connectivity index (χ3n) is 6.53. The molecule has 0 radical (unpaired) electrons. The molecule has 2 heterocycles. The van der Waals surface area contributed by atoms with Gasteiger partial charge in [0.1, 0.15) is 12.1 Å². The number of hydrogen-bond donors (Lipinski definition) is 0. The van der Waals surface area contributed by atoms with E-state index in [4.69, 9.17) is 14.0 Å². The van der Waals surface area contributed by atoms with Crippen molar-refractivity contribution in [2.24, 2.45) is 0 Å². The second-order valence-corrected chi connectivity index (χ2v) is 8.88. The molecule has 176 valence electrons. The largest absolute Gasteiger partial charge is 0.493 e. The van der Waals surface area contributed by atoms with Crippen molar-refractivity contribution < 1.29 is 23.2 Å². The van der Waals surface area contributed by atoms with E-state index in [1.165, 1.54) is 12.1 Å². The predicted octanol–water partition coefficient (Wildman–Crippen LogP) is 5.31. The minimum Gasteiger partial charge on any atom is -0.493 e. The molecular formula is C26H31FN2O4. The summed E-state index contributed by atoms with van der Waals surface area (Å²) in [5, 5.41) is 5.15. The van der Waals surface area contributed by atoms with Crippen LogP contribution in [0.2, 0.25) is 0 Å². The van der Waals surface area contributed by atoms with E-state index in [0.29, 0.717) is 23.0 Å². The second kappa shape index (κ2) is 10.3. The number of halogens is 1. The van der Waals surface area contributed by atoms with Crippen LogP contribution >= 0.6 is 0 Å². The molecule has 0 amide bonds. The van der Waals surface area contributed by atoms with Crippen LogP contribution in [-0.2, 0) is 4.79 Å². The Morgan fingerprint density at radius 2 is 1.97 bits per heavy atom. The van der Waals surface area contributed by atoms with E-state index < -0.39 is 0 Å². The van der Waals surface area contributed by atoms with Crippen LogP contribution in [0.25, 0.3) is 11.0 Å². The number of benzene rings is 2. The predicted molar refractivity (Wildman–Crippen MR) is 125 cm³/mol. The van der Waals surface area contributed by atoms with Crippen molar-refractivity contribution in [2.75, 3.05) is 26.7 Å². The maximum absolute atomic E-state index is 13.4. The number of carbonyl (C=O) groups excluding carboxylic acids is 1. The molecule has 2 unspecified atom stereocenters. The summed E-state index contributed by atoms with van der Waals surface area (Å²) < 4.78 is 30.4. The minimum absolute atomic E-state index is 0.0281. The number of rotatable bonds is 9. The number of piperidine rings is 1. The molecule has 0 saturated carbocycles. The highest BCUT2D eigenvalue weighted by Gasteiger charge is 2.25. The number of nitrogens with zero attached hydrogens (tertiary/aromatic N) is 2. The number of aromatic nitrogens is 1. The second-order valence-electron chi connectivity index (χ2n) is 8.88. The Hall–Kier alpha value is -2.93. The van der Waals surface area contributed by atoms with Crippen LogP contribution in [0.1, 0.15) is 56.2 Å². The van der Waals surface area contributed by atoms with Gasteiger partial charge in [-0.15, -0.1) is 0 Å². The summed E-state index contributed by atoms with van der Waals surface area (Å²) in [6, 6.07) is 10.3. The van der Waals surface area contributed by atoms with Crippen LogP contribution in [0.5, 0.6) is 11.5 Å². The van der Waals surface area contributed by atoms with Gasteiger partial charge in [-0.1, -0.05) is 18.1 Å². The molecule has 3 aromatic rings. The number of ether oxygens (including phenoxy) is 2. The summed E-state index contributed by atoms with van der Waals surface area (Å²) in [7, 11) is 1.61. The molecule has 33 heavy (non-hydrogen) atoms. The standard InChI is InChI=1S/C26H31FN2O4/c1-17(16-30)20-4-7-23(25(14-20)31-3)32-18(2)8-11-29-12-9-19(10-13-29)26-22-6-5-21(27)15-24(22)33-28-26/h4-7,14-19H,8-13H2,1-3H3. The Morgan fingerprint density at radius 3 is 2.70 bits per heavy atom. The van der Waals surface area contributed by atoms with Gasteiger partial charge in [0.25, 0.3) is 0 Å².